The molecule has 0 aromatic carbocycles. The number of nitrogens with one attached hydrogen (secondary N) is 1. The summed E-state index contributed by atoms with van der Waals surface area (Å²) in [5.41, 5.74) is 11.9. The fourth-order valence-electron chi connectivity index (χ4n) is 9.31. The van der Waals surface area contributed by atoms with E-state index in [1.807, 2.05) is 4.90 Å². The van der Waals surface area contributed by atoms with Crippen molar-refractivity contribution in [3.63, 3.8) is 0 Å². The number of hydrazone groups is 2. The van der Waals surface area contributed by atoms with Crippen LogP contribution in [0.1, 0.15) is 61.7 Å². The van der Waals surface area contributed by atoms with Crippen molar-refractivity contribution in [3.05, 3.63) is 89.0 Å². The number of anilines is 3. The molecule has 4 fully saturated rings. The van der Waals surface area contributed by atoms with Gasteiger partial charge in [0.15, 0.2) is 23.3 Å². The van der Waals surface area contributed by atoms with Gasteiger partial charge in [-0.2, -0.15) is 20.2 Å². The highest BCUT2D eigenvalue weighted by atomic mass is 35.5. The molecular formula is C40H43ClF4N14O2. The minimum atomic E-state index is -0.653. The van der Waals surface area contributed by atoms with Crippen molar-refractivity contribution >= 4 is 53.4 Å². The van der Waals surface area contributed by atoms with Gasteiger partial charge in [-0.25, -0.2) is 37.5 Å². The number of nitrogens with two attached hydrogens (primary N) is 2. The van der Waals surface area contributed by atoms with E-state index in [-0.39, 0.29) is 58.5 Å². The van der Waals surface area contributed by atoms with E-state index in [1.54, 1.807) is 29.8 Å². The molecule has 6 atom stereocenters. The van der Waals surface area contributed by atoms with Crippen molar-refractivity contribution in [2.24, 2.45) is 45.7 Å². The first-order valence-electron chi connectivity index (χ1n) is 20.0. The average Bonchev–Trinajstić information content (AvgIpc) is 4.10. The molecule has 0 radical (unpaired) electrons. The number of aromatic nitrogens is 6. The number of hydrogen-bond acceptors (Lipinski definition) is 14. The van der Waals surface area contributed by atoms with Gasteiger partial charge < -0.3 is 21.7 Å². The summed E-state index contributed by atoms with van der Waals surface area (Å²) < 4.78 is 52.5. The number of nitrogen functional groups attached to an aromatic ring is 2. The molecule has 0 bridgehead atoms. The number of amides is 2. The van der Waals surface area contributed by atoms with Crippen LogP contribution >= 0.6 is 11.6 Å². The van der Waals surface area contributed by atoms with E-state index >= 15 is 0 Å². The Kier molecular flexibility index (Phi) is 12.3. The molecule has 4 aromatic heterocycles. The van der Waals surface area contributed by atoms with Crippen LogP contribution in [0.3, 0.4) is 0 Å². The van der Waals surface area contributed by atoms with E-state index in [9.17, 15) is 27.2 Å². The van der Waals surface area contributed by atoms with E-state index < -0.39 is 17.5 Å². The maximum atomic E-state index is 13.6. The SMILES string of the molecule is Nc1nc(Cl)ncc1F.Nc1nc(N2CC3CC(C(=O)N4N=CCC4c4cncc(F)c4)CC3C2)ncc1F.O=C(C1CC2CNCC2C1)N1N=CCC1c1cncc(F)c1. The molecule has 0 spiro atoms. The Labute approximate surface area is 352 Å². The summed E-state index contributed by atoms with van der Waals surface area (Å²) in [6, 6.07) is 2.32. The molecule has 8 heterocycles. The molecule has 21 heteroatoms. The lowest BCUT2D eigenvalue weighted by atomic mass is 10.0. The third-order valence-corrected chi connectivity index (χ3v) is 12.4. The van der Waals surface area contributed by atoms with Gasteiger partial charge in [0, 0.05) is 62.6 Å². The lowest BCUT2D eigenvalue weighted by molar-refractivity contribution is -0.138. The lowest BCUT2D eigenvalue weighted by Gasteiger charge is -2.25. The molecule has 4 aliphatic heterocycles. The molecule has 10 rings (SSSR count). The molecule has 6 aliphatic rings. The van der Waals surface area contributed by atoms with E-state index in [0.717, 1.165) is 57.4 Å². The van der Waals surface area contributed by atoms with E-state index in [2.05, 4.69) is 45.4 Å². The molecule has 320 valence electrons. The third kappa shape index (κ3) is 9.24. The predicted octanol–water partition coefficient (Wildman–Crippen LogP) is 4.73. The second-order valence-electron chi connectivity index (χ2n) is 16.1. The van der Waals surface area contributed by atoms with Crippen molar-refractivity contribution in [2.75, 3.05) is 42.5 Å². The first-order chi connectivity index (χ1) is 29.4. The number of pyridine rings is 2. The highest BCUT2D eigenvalue weighted by Crippen LogP contribution is 2.45. The van der Waals surface area contributed by atoms with Gasteiger partial charge in [0.05, 0.1) is 36.9 Å². The Morgan fingerprint density at radius 1 is 0.656 bits per heavy atom. The largest absolute Gasteiger partial charge is 0.381 e. The molecule has 16 nitrogen and oxygen atoms in total. The van der Waals surface area contributed by atoms with Crippen molar-refractivity contribution < 1.29 is 27.2 Å². The summed E-state index contributed by atoms with van der Waals surface area (Å²) in [6.45, 7) is 3.46. The van der Waals surface area contributed by atoms with E-state index in [0.29, 0.717) is 66.7 Å². The van der Waals surface area contributed by atoms with Crippen molar-refractivity contribution in [1.82, 2.24) is 45.2 Å². The van der Waals surface area contributed by atoms with Crippen LogP contribution in [0.15, 0.2) is 59.5 Å². The Bertz CT molecular complexity index is 2300. The highest BCUT2D eigenvalue weighted by molar-refractivity contribution is 6.28. The number of carbonyl (C=O) groups excluding carboxylic acids is 2. The second kappa shape index (κ2) is 18.0. The molecule has 61 heavy (non-hydrogen) atoms. The first kappa shape index (κ1) is 41.8. The van der Waals surface area contributed by atoms with Gasteiger partial charge in [-0.3, -0.25) is 19.6 Å². The minimum absolute atomic E-state index is 0.0266. The normalized spacial score (nSPS) is 27.1. The van der Waals surface area contributed by atoms with Crippen LogP contribution in [0.5, 0.6) is 0 Å². The third-order valence-electron chi connectivity index (χ3n) is 12.2. The van der Waals surface area contributed by atoms with Crippen molar-refractivity contribution in [1.29, 1.82) is 0 Å². The van der Waals surface area contributed by atoms with Crippen LogP contribution in [0.25, 0.3) is 0 Å². The monoisotopic (exact) mass is 862 g/mol. The van der Waals surface area contributed by atoms with Crippen LogP contribution in [0.2, 0.25) is 5.28 Å². The molecule has 4 aromatic rings. The van der Waals surface area contributed by atoms with Crippen LogP contribution < -0.4 is 21.7 Å². The number of rotatable bonds is 5. The number of fused-ring (bicyclic) bond motifs is 2. The van der Waals surface area contributed by atoms with Crippen LogP contribution in [-0.2, 0) is 9.59 Å². The summed E-state index contributed by atoms with van der Waals surface area (Å²) in [4.78, 5) is 50.5. The topological polar surface area (TPSA) is 210 Å². The second-order valence-corrected chi connectivity index (χ2v) is 16.4. The molecule has 2 saturated heterocycles. The Hall–Kier alpha value is -5.89. The van der Waals surface area contributed by atoms with Gasteiger partial charge in [0.25, 0.3) is 0 Å². The van der Waals surface area contributed by atoms with Crippen LogP contribution in [0, 0.1) is 58.8 Å². The minimum Gasteiger partial charge on any atom is -0.381 e. The summed E-state index contributed by atoms with van der Waals surface area (Å²) in [6.07, 6.45) is 15.5. The van der Waals surface area contributed by atoms with Gasteiger partial charge in [0.2, 0.25) is 23.0 Å². The number of hydrogen-bond donors (Lipinski definition) is 3. The summed E-state index contributed by atoms with van der Waals surface area (Å²) in [5, 5.41) is 14.9. The zero-order valence-electron chi connectivity index (χ0n) is 32.7. The zero-order valence-corrected chi connectivity index (χ0v) is 33.5. The summed E-state index contributed by atoms with van der Waals surface area (Å²) in [7, 11) is 0. The smallest absolute Gasteiger partial charge is 0.246 e. The number of halogens is 5. The van der Waals surface area contributed by atoms with Crippen LogP contribution in [0.4, 0.5) is 35.1 Å². The fourth-order valence-corrected chi connectivity index (χ4v) is 9.45. The van der Waals surface area contributed by atoms with Gasteiger partial charge in [-0.05, 0) is 97.3 Å². The molecule has 2 amide bonds. The summed E-state index contributed by atoms with van der Waals surface area (Å²) >= 11 is 5.25. The van der Waals surface area contributed by atoms with E-state index in [1.165, 1.54) is 23.3 Å². The predicted molar refractivity (Wildman–Crippen MR) is 216 cm³/mol. The van der Waals surface area contributed by atoms with Gasteiger partial charge in [0.1, 0.15) is 11.6 Å². The number of carbonyl (C=O) groups is 2. The highest BCUT2D eigenvalue weighted by Gasteiger charge is 2.47. The quantitative estimate of drug-likeness (QED) is 0.184. The molecule has 2 aliphatic carbocycles. The van der Waals surface area contributed by atoms with Gasteiger partial charge >= 0.3 is 0 Å². The van der Waals surface area contributed by atoms with Gasteiger partial charge in [-0.1, -0.05) is 0 Å². The van der Waals surface area contributed by atoms with Crippen LogP contribution in [-0.4, -0.2) is 90.3 Å². The maximum absolute atomic E-state index is 13.6. The zero-order chi connectivity index (χ0) is 42.8. The van der Waals surface area contributed by atoms with Crippen molar-refractivity contribution in [3.8, 4) is 0 Å². The average molecular weight is 863 g/mol. The Balaban J connectivity index is 0.000000144. The fraction of sp³-hybridized carbons (Fsp3) is 0.450. The maximum Gasteiger partial charge on any atom is 0.246 e. The number of nitrogens with zero attached hydrogens (tertiary/aromatic N) is 11. The molecule has 2 saturated carbocycles. The Morgan fingerprint density at radius 2 is 1.13 bits per heavy atom. The first-order valence-corrected chi connectivity index (χ1v) is 20.4. The molecule has 5 N–H and O–H groups in total. The lowest BCUT2D eigenvalue weighted by Crippen LogP contribution is -2.33. The van der Waals surface area contributed by atoms with Crippen molar-refractivity contribution in [2.45, 2.75) is 50.6 Å². The Morgan fingerprint density at radius 3 is 1.59 bits per heavy atom. The molecular weight excluding hydrogens is 820 g/mol. The van der Waals surface area contributed by atoms with Gasteiger partial charge in [-0.15, -0.1) is 0 Å². The van der Waals surface area contributed by atoms with E-state index in [4.69, 9.17) is 23.1 Å². The molecule has 6 unspecified atom stereocenters. The summed E-state index contributed by atoms with van der Waals surface area (Å²) in [5.74, 6) is -0.162. The standard InChI is InChI=1S/C20H21F2N7O.C16H19FN4O.C4H3ClFN3/c21-15-5-12(6-24-7-15)17-1-2-26-29(17)19(30)11-3-13-9-28(10-14(13)4-11)20-25-8-16(22)18(23)27-20;17-14-5-13(8-19-9-14)15-1-2-20-21(15)16(22)10-3-11-6-18-7-12(11)4-10;5-4-8-1-2(6)3(7)9-4/h2,5-8,11,13-14,17H,1,3-4,9-10H2,(H2,23,25,27);2,5,8-12,15,18H,1,3-4,6-7H2;1H,(H2,7,8,9).